The molecule has 2 N–H and O–H groups in total. The summed E-state index contributed by atoms with van der Waals surface area (Å²) in [5, 5.41) is 14.3. The van der Waals surface area contributed by atoms with Crippen LogP contribution in [0.5, 0.6) is 0 Å². The second kappa shape index (κ2) is 8.86. The number of amides is 2. The lowest BCUT2D eigenvalue weighted by Gasteiger charge is -2.35. The van der Waals surface area contributed by atoms with Gasteiger partial charge in [0.05, 0.1) is 0 Å². The Morgan fingerprint density at radius 3 is 2.29 bits per heavy atom. The molecular weight excluding hydrogens is 354 g/mol. The van der Waals surface area contributed by atoms with E-state index in [0.717, 1.165) is 50.7 Å². The van der Waals surface area contributed by atoms with E-state index < -0.39 is 0 Å². The Balaban J connectivity index is 1.27. The maximum Gasteiger partial charge on any atom is 0.320 e. The Labute approximate surface area is 165 Å². The van der Waals surface area contributed by atoms with E-state index in [0.29, 0.717) is 5.82 Å². The van der Waals surface area contributed by atoms with Crippen LogP contribution in [0.3, 0.4) is 0 Å². The van der Waals surface area contributed by atoms with Crippen molar-refractivity contribution in [2.24, 2.45) is 0 Å². The predicted molar refractivity (Wildman–Crippen MR) is 110 cm³/mol. The average molecular weight is 381 g/mol. The van der Waals surface area contributed by atoms with Crippen molar-refractivity contribution >= 4 is 23.5 Å². The largest absolute Gasteiger partial charge is 0.353 e. The molecule has 8 nitrogen and oxygen atoms in total. The maximum absolute atomic E-state index is 12.1. The van der Waals surface area contributed by atoms with Crippen LogP contribution in [0, 0.1) is 0 Å². The molecule has 28 heavy (non-hydrogen) atoms. The number of anilines is 3. The van der Waals surface area contributed by atoms with Crippen LogP contribution in [-0.2, 0) is 0 Å². The van der Waals surface area contributed by atoms with Crippen LogP contribution in [0.1, 0.15) is 32.1 Å². The molecule has 2 aliphatic rings. The summed E-state index contributed by atoms with van der Waals surface area (Å²) < 4.78 is 0. The average Bonchev–Trinajstić information content (AvgIpc) is 2.76. The van der Waals surface area contributed by atoms with Gasteiger partial charge in [0.15, 0.2) is 11.6 Å². The fourth-order valence-corrected chi connectivity index (χ4v) is 3.85. The van der Waals surface area contributed by atoms with Crippen molar-refractivity contribution in [2.45, 2.75) is 38.1 Å². The molecule has 1 saturated heterocycles. The predicted octanol–water partition coefficient (Wildman–Crippen LogP) is 2.65. The highest BCUT2D eigenvalue weighted by Crippen LogP contribution is 2.19. The Morgan fingerprint density at radius 1 is 0.893 bits per heavy atom. The van der Waals surface area contributed by atoms with E-state index in [1.165, 1.54) is 19.3 Å². The summed E-state index contributed by atoms with van der Waals surface area (Å²) in [6.45, 7) is 3.51. The van der Waals surface area contributed by atoms with Crippen molar-refractivity contribution in [3.63, 3.8) is 0 Å². The molecule has 2 aromatic rings. The van der Waals surface area contributed by atoms with Gasteiger partial charge in [-0.15, -0.1) is 10.2 Å². The number of pyridine rings is 1. The van der Waals surface area contributed by atoms with E-state index in [4.69, 9.17) is 0 Å². The van der Waals surface area contributed by atoms with Gasteiger partial charge in [-0.2, -0.15) is 0 Å². The van der Waals surface area contributed by atoms with E-state index in [1.54, 1.807) is 0 Å². The third-order valence-electron chi connectivity index (χ3n) is 5.41. The fraction of sp³-hybridized carbons (Fsp3) is 0.500. The van der Waals surface area contributed by atoms with Gasteiger partial charge in [0.2, 0.25) is 0 Å². The number of nitrogens with zero attached hydrogens (tertiary/aromatic N) is 5. The van der Waals surface area contributed by atoms with Gasteiger partial charge in [0.25, 0.3) is 0 Å². The number of carbonyl (C=O) groups is 1. The summed E-state index contributed by atoms with van der Waals surface area (Å²) in [4.78, 5) is 21.0. The Hall–Kier alpha value is -2.90. The van der Waals surface area contributed by atoms with Crippen molar-refractivity contribution < 1.29 is 4.79 Å². The van der Waals surface area contributed by atoms with Crippen molar-refractivity contribution in [3.8, 4) is 0 Å². The van der Waals surface area contributed by atoms with E-state index in [2.05, 4.69) is 35.6 Å². The van der Waals surface area contributed by atoms with Crippen LogP contribution in [0.2, 0.25) is 0 Å². The minimum Gasteiger partial charge on any atom is -0.353 e. The van der Waals surface area contributed by atoms with E-state index in [9.17, 15) is 4.79 Å². The van der Waals surface area contributed by atoms with Gasteiger partial charge in [-0.25, -0.2) is 9.78 Å². The summed E-state index contributed by atoms with van der Waals surface area (Å²) in [5.74, 6) is 2.32. The highest BCUT2D eigenvalue weighted by atomic mass is 16.2. The zero-order valence-corrected chi connectivity index (χ0v) is 16.0. The zero-order valence-electron chi connectivity index (χ0n) is 16.0. The molecule has 0 unspecified atom stereocenters. The number of piperazine rings is 1. The smallest absolute Gasteiger partial charge is 0.320 e. The standard InChI is InChI=1S/C20H27N7O/c28-20(22-16-6-2-1-3-7-16)23-17-9-10-19(25-24-17)27-14-12-26(13-15-27)18-8-4-5-11-21-18/h4-5,8-11,16H,1-3,6-7,12-15H2,(H2,22,23,24,28). The first-order chi connectivity index (χ1) is 13.8. The number of aromatic nitrogens is 3. The van der Waals surface area contributed by atoms with Crippen LogP contribution in [0.25, 0.3) is 0 Å². The number of hydrogen-bond donors (Lipinski definition) is 2. The van der Waals surface area contributed by atoms with Gasteiger partial charge in [0, 0.05) is 38.4 Å². The Morgan fingerprint density at radius 2 is 1.64 bits per heavy atom. The molecule has 0 bridgehead atoms. The Bertz CT molecular complexity index is 754. The molecule has 1 aliphatic carbocycles. The molecule has 0 aromatic carbocycles. The SMILES string of the molecule is O=C(Nc1ccc(N2CCN(c3ccccn3)CC2)nn1)NC1CCCCC1. The summed E-state index contributed by atoms with van der Waals surface area (Å²) >= 11 is 0. The fourth-order valence-electron chi connectivity index (χ4n) is 3.85. The highest BCUT2D eigenvalue weighted by molar-refractivity contribution is 5.88. The van der Waals surface area contributed by atoms with Crippen molar-refractivity contribution in [2.75, 3.05) is 41.3 Å². The molecule has 148 valence electrons. The highest BCUT2D eigenvalue weighted by Gasteiger charge is 2.20. The topological polar surface area (TPSA) is 86.3 Å². The lowest BCUT2D eigenvalue weighted by Crippen LogP contribution is -2.47. The van der Waals surface area contributed by atoms with Crippen LogP contribution in [-0.4, -0.2) is 53.4 Å². The van der Waals surface area contributed by atoms with Crippen LogP contribution >= 0.6 is 0 Å². The normalized spacial score (nSPS) is 18.0. The maximum atomic E-state index is 12.1. The minimum absolute atomic E-state index is 0.196. The quantitative estimate of drug-likeness (QED) is 0.847. The van der Waals surface area contributed by atoms with Gasteiger partial charge < -0.3 is 15.1 Å². The zero-order chi connectivity index (χ0) is 19.2. The second-order valence-corrected chi connectivity index (χ2v) is 7.37. The van der Waals surface area contributed by atoms with Crippen LogP contribution < -0.4 is 20.4 Å². The monoisotopic (exact) mass is 381 g/mol. The molecule has 3 heterocycles. The molecule has 2 aromatic heterocycles. The second-order valence-electron chi connectivity index (χ2n) is 7.37. The summed E-state index contributed by atoms with van der Waals surface area (Å²) in [6, 6.07) is 9.78. The number of urea groups is 1. The molecule has 4 rings (SSSR count). The van der Waals surface area contributed by atoms with Crippen LogP contribution in [0.4, 0.5) is 22.2 Å². The van der Waals surface area contributed by atoms with E-state index in [-0.39, 0.29) is 12.1 Å². The van der Waals surface area contributed by atoms with Gasteiger partial charge in [-0.05, 0) is 37.1 Å². The third kappa shape index (κ3) is 4.68. The summed E-state index contributed by atoms with van der Waals surface area (Å²) in [5.41, 5.74) is 0. The van der Waals surface area contributed by atoms with Gasteiger partial charge in [-0.3, -0.25) is 5.32 Å². The first-order valence-corrected chi connectivity index (χ1v) is 10.1. The lowest BCUT2D eigenvalue weighted by molar-refractivity contribution is 0.244. The molecule has 0 atom stereocenters. The van der Waals surface area contributed by atoms with Crippen molar-refractivity contribution in [1.82, 2.24) is 20.5 Å². The number of rotatable bonds is 4. The first-order valence-electron chi connectivity index (χ1n) is 10.1. The number of hydrogen-bond acceptors (Lipinski definition) is 6. The third-order valence-corrected chi connectivity index (χ3v) is 5.41. The van der Waals surface area contributed by atoms with Crippen molar-refractivity contribution in [1.29, 1.82) is 0 Å². The molecule has 2 fully saturated rings. The molecule has 0 spiro atoms. The van der Waals surface area contributed by atoms with Crippen molar-refractivity contribution in [3.05, 3.63) is 36.5 Å². The molecular formula is C20H27N7O. The van der Waals surface area contributed by atoms with E-state index in [1.807, 2.05) is 36.5 Å². The molecule has 2 amide bonds. The molecule has 0 radical (unpaired) electrons. The molecule has 1 saturated carbocycles. The number of nitrogens with one attached hydrogen (secondary N) is 2. The van der Waals surface area contributed by atoms with Gasteiger partial charge in [0.1, 0.15) is 5.82 Å². The van der Waals surface area contributed by atoms with Gasteiger partial charge in [-0.1, -0.05) is 25.3 Å². The molecule has 8 heteroatoms. The minimum atomic E-state index is -0.196. The first kappa shape index (κ1) is 18.5. The van der Waals surface area contributed by atoms with Crippen LogP contribution in [0.15, 0.2) is 36.5 Å². The lowest BCUT2D eigenvalue weighted by atomic mass is 9.96. The summed E-state index contributed by atoms with van der Waals surface area (Å²) in [6.07, 6.45) is 7.58. The van der Waals surface area contributed by atoms with Gasteiger partial charge >= 0.3 is 6.03 Å². The summed E-state index contributed by atoms with van der Waals surface area (Å²) in [7, 11) is 0. The Kier molecular flexibility index (Phi) is 5.84. The molecule has 1 aliphatic heterocycles. The number of carbonyl (C=O) groups excluding carboxylic acids is 1. The van der Waals surface area contributed by atoms with E-state index >= 15 is 0 Å².